The van der Waals surface area contributed by atoms with Crippen molar-refractivity contribution in [3.8, 4) is 0 Å². The number of nitrogens with zero attached hydrogens (tertiary/aromatic N) is 2. The van der Waals surface area contributed by atoms with Crippen LogP contribution in [0.15, 0.2) is 18.2 Å². The van der Waals surface area contributed by atoms with E-state index in [0.29, 0.717) is 5.88 Å². The minimum atomic E-state index is -0.198. The predicted molar refractivity (Wildman–Crippen MR) is 76.2 cm³/mol. The van der Waals surface area contributed by atoms with E-state index >= 15 is 0 Å². The highest BCUT2D eigenvalue weighted by Gasteiger charge is 2.39. The molecule has 1 aromatic heterocycles. The van der Waals surface area contributed by atoms with Crippen LogP contribution in [0.2, 0.25) is 0 Å². The van der Waals surface area contributed by atoms with Crippen LogP contribution < -0.4 is 0 Å². The largest absolute Gasteiger partial charge is 0.322 e. The summed E-state index contributed by atoms with van der Waals surface area (Å²) in [6, 6.07) is 4.85. The maximum absolute atomic E-state index is 13.6. The van der Waals surface area contributed by atoms with Gasteiger partial charge in [-0.2, -0.15) is 0 Å². The van der Waals surface area contributed by atoms with E-state index in [2.05, 4.69) is 16.5 Å². The Hall–Kier alpha value is -1.09. The first kappa shape index (κ1) is 12.9. The fourth-order valence-electron chi connectivity index (χ4n) is 3.20. The summed E-state index contributed by atoms with van der Waals surface area (Å²) in [7, 11) is 0. The topological polar surface area (TPSA) is 17.8 Å². The van der Waals surface area contributed by atoms with Crippen LogP contribution in [-0.2, 0) is 12.0 Å². The average molecular weight is 281 g/mol. The highest BCUT2D eigenvalue weighted by atomic mass is 35.5. The monoisotopic (exact) mass is 280 g/mol. The molecule has 0 bridgehead atoms. The van der Waals surface area contributed by atoms with Gasteiger partial charge in [-0.25, -0.2) is 9.37 Å². The second kappa shape index (κ2) is 4.78. The highest BCUT2D eigenvalue weighted by Crippen LogP contribution is 2.44. The smallest absolute Gasteiger partial charge is 0.125 e. The van der Waals surface area contributed by atoms with Crippen molar-refractivity contribution in [1.29, 1.82) is 0 Å². The van der Waals surface area contributed by atoms with E-state index in [1.165, 1.54) is 12.5 Å². The summed E-state index contributed by atoms with van der Waals surface area (Å²) < 4.78 is 15.8. The molecular weight excluding hydrogens is 263 g/mol. The SMILES string of the molecule is CCC1(n2c(CCCl)nc3ccc(F)cc32)CCC1. The van der Waals surface area contributed by atoms with Crippen LogP contribution in [-0.4, -0.2) is 15.4 Å². The zero-order valence-electron chi connectivity index (χ0n) is 11.1. The van der Waals surface area contributed by atoms with Crippen molar-refractivity contribution >= 4 is 22.6 Å². The third kappa shape index (κ3) is 1.95. The molecule has 2 aromatic rings. The van der Waals surface area contributed by atoms with Gasteiger partial charge in [0, 0.05) is 17.8 Å². The molecule has 1 saturated carbocycles. The van der Waals surface area contributed by atoms with Gasteiger partial charge in [-0.15, -0.1) is 11.6 Å². The van der Waals surface area contributed by atoms with Crippen LogP contribution >= 0.6 is 11.6 Å². The lowest BCUT2D eigenvalue weighted by Crippen LogP contribution is -2.41. The van der Waals surface area contributed by atoms with Crippen molar-refractivity contribution in [2.24, 2.45) is 0 Å². The molecule has 2 nitrogen and oxygen atoms in total. The molecule has 102 valence electrons. The average Bonchev–Trinajstić information content (AvgIpc) is 2.68. The Kier molecular flexibility index (Phi) is 3.25. The molecule has 3 rings (SSSR count). The van der Waals surface area contributed by atoms with Crippen LogP contribution in [0, 0.1) is 5.82 Å². The molecule has 1 heterocycles. The minimum absolute atomic E-state index is 0.129. The van der Waals surface area contributed by atoms with Gasteiger partial charge < -0.3 is 4.57 Å². The van der Waals surface area contributed by atoms with Crippen LogP contribution in [0.1, 0.15) is 38.4 Å². The zero-order valence-corrected chi connectivity index (χ0v) is 11.9. The molecule has 1 aliphatic rings. The maximum Gasteiger partial charge on any atom is 0.125 e. The molecule has 0 unspecified atom stereocenters. The van der Waals surface area contributed by atoms with Gasteiger partial charge in [0.15, 0.2) is 0 Å². The molecule has 0 N–H and O–H groups in total. The van der Waals surface area contributed by atoms with Crippen molar-refractivity contribution < 1.29 is 4.39 Å². The first-order valence-electron chi connectivity index (χ1n) is 6.93. The number of rotatable bonds is 4. The fraction of sp³-hybridized carbons (Fsp3) is 0.533. The van der Waals surface area contributed by atoms with Crippen LogP contribution in [0.25, 0.3) is 11.0 Å². The Balaban J connectivity index is 2.23. The number of alkyl halides is 1. The third-order valence-electron chi connectivity index (χ3n) is 4.42. The van der Waals surface area contributed by atoms with Crippen molar-refractivity contribution in [1.82, 2.24) is 9.55 Å². The molecule has 0 aliphatic heterocycles. The lowest BCUT2D eigenvalue weighted by molar-refractivity contribution is 0.137. The Morgan fingerprint density at radius 2 is 2.21 bits per heavy atom. The van der Waals surface area contributed by atoms with Crippen molar-refractivity contribution in [3.63, 3.8) is 0 Å². The van der Waals surface area contributed by atoms with E-state index in [-0.39, 0.29) is 11.4 Å². The van der Waals surface area contributed by atoms with Gasteiger partial charge >= 0.3 is 0 Å². The summed E-state index contributed by atoms with van der Waals surface area (Å²) in [5.74, 6) is 1.35. The van der Waals surface area contributed by atoms with E-state index in [4.69, 9.17) is 11.6 Å². The molecule has 0 spiro atoms. The maximum atomic E-state index is 13.6. The van der Waals surface area contributed by atoms with Crippen molar-refractivity contribution in [2.75, 3.05) is 5.88 Å². The van der Waals surface area contributed by atoms with Gasteiger partial charge in [0.25, 0.3) is 0 Å². The number of aromatic nitrogens is 2. The van der Waals surface area contributed by atoms with Crippen LogP contribution in [0.3, 0.4) is 0 Å². The van der Waals surface area contributed by atoms with E-state index in [1.807, 2.05) is 0 Å². The van der Waals surface area contributed by atoms with Gasteiger partial charge in [0.05, 0.1) is 11.0 Å². The fourth-order valence-corrected chi connectivity index (χ4v) is 3.37. The van der Waals surface area contributed by atoms with E-state index in [9.17, 15) is 4.39 Å². The molecule has 19 heavy (non-hydrogen) atoms. The lowest BCUT2D eigenvalue weighted by Gasteiger charge is -2.44. The number of imidazole rings is 1. The normalized spacial score (nSPS) is 17.6. The Labute approximate surface area is 117 Å². The van der Waals surface area contributed by atoms with Gasteiger partial charge in [0.1, 0.15) is 11.6 Å². The predicted octanol–water partition coefficient (Wildman–Crippen LogP) is 4.25. The summed E-state index contributed by atoms with van der Waals surface area (Å²) in [6.45, 7) is 2.20. The molecule has 4 heteroatoms. The molecule has 0 radical (unpaired) electrons. The summed E-state index contributed by atoms with van der Waals surface area (Å²) in [5, 5.41) is 0. The Morgan fingerprint density at radius 1 is 1.42 bits per heavy atom. The number of benzene rings is 1. The first-order valence-corrected chi connectivity index (χ1v) is 7.47. The number of halogens is 2. The Bertz CT molecular complexity index is 596. The number of hydrogen-bond donors (Lipinski definition) is 0. The zero-order chi connectivity index (χ0) is 13.5. The first-order chi connectivity index (χ1) is 9.20. The second-order valence-corrected chi connectivity index (χ2v) is 5.74. The third-order valence-corrected chi connectivity index (χ3v) is 4.61. The van der Waals surface area contributed by atoms with Gasteiger partial charge in [0.2, 0.25) is 0 Å². The van der Waals surface area contributed by atoms with E-state index in [1.54, 1.807) is 12.1 Å². The standard InChI is InChI=1S/C15H18ClFN2/c1-2-15(7-3-8-15)19-13-10-11(17)4-5-12(13)18-14(19)6-9-16/h4-5,10H,2-3,6-9H2,1H3. The van der Waals surface area contributed by atoms with Crippen molar-refractivity contribution in [3.05, 3.63) is 29.8 Å². The number of fused-ring (bicyclic) bond motifs is 1. The molecular formula is C15H18ClFN2. The van der Waals surface area contributed by atoms with E-state index in [0.717, 1.165) is 42.5 Å². The van der Waals surface area contributed by atoms with Crippen LogP contribution in [0.5, 0.6) is 0 Å². The summed E-state index contributed by atoms with van der Waals surface area (Å²) in [6.07, 6.45) is 5.34. The molecule has 0 saturated heterocycles. The van der Waals surface area contributed by atoms with Crippen molar-refractivity contribution in [2.45, 2.75) is 44.6 Å². The second-order valence-electron chi connectivity index (χ2n) is 5.37. The number of hydrogen-bond acceptors (Lipinski definition) is 1. The van der Waals surface area contributed by atoms with Crippen LogP contribution in [0.4, 0.5) is 4.39 Å². The molecule has 1 fully saturated rings. The highest BCUT2D eigenvalue weighted by molar-refractivity contribution is 6.17. The summed E-state index contributed by atoms with van der Waals surface area (Å²) >= 11 is 5.89. The quantitative estimate of drug-likeness (QED) is 0.766. The van der Waals surface area contributed by atoms with Gasteiger partial charge in [-0.1, -0.05) is 6.92 Å². The van der Waals surface area contributed by atoms with E-state index < -0.39 is 0 Å². The van der Waals surface area contributed by atoms with Gasteiger partial charge in [-0.3, -0.25) is 0 Å². The van der Waals surface area contributed by atoms with Gasteiger partial charge in [-0.05, 0) is 43.9 Å². The summed E-state index contributed by atoms with van der Waals surface area (Å²) in [5.41, 5.74) is 1.92. The lowest BCUT2D eigenvalue weighted by atomic mass is 9.74. The molecule has 1 aromatic carbocycles. The summed E-state index contributed by atoms with van der Waals surface area (Å²) in [4.78, 5) is 4.65. The molecule has 0 atom stereocenters. The minimum Gasteiger partial charge on any atom is -0.322 e. The molecule has 0 amide bonds. The Morgan fingerprint density at radius 3 is 2.79 bits per heavy atom. The number of aryl methyl sites for hydroxylation is 1. The molecule has 1 aliphatic carbocycles.